The lowest BCUT2D eigenvalue weighted by Crippen LogP contribution is -2.04. The van der Waals surface area contributed by atoms with Crippen molar-refractivity contribution in [3.63, 3.8) is 0 Å². The molecule has 0 aliphatic heterocycles. The van der Waals surface area contributed by atoms with Crippen LogP contribution < -0.4 is 5.73 Å². The van der Waals surface area contributed by atoms with Gasteiger partial charge in [-0.25, -0.2) is 0 Å². The third kappa shape index (κ3) is 2.43. The SMILES string of the molecule is CC(C)C(C)c1[nH]nc(N)c1-c1ccc(Br)cc1. The van der Waals surface area contributed by atoms with Crippen molar-refractivity contribution in [2.24, 2.45) is 5.92 Å². The van der Waals surface area contributed by atoms with Gasteiger partial charge in [0.05, 0.1) is 0 Å². The van der Waals surface area contributed by atoms with Crippen molar-refractivity contribution < 1.29 is 0 Å². The summed E-state index contributed by atoms with van der Waals surface area (Å²) in [6.45, 7) is 6.60. The highest BCUT2D eigenvalue weighted by atomic mass is 79.9. The normalized spacial score (nSPS) is 12.9. The van der Waals surface area contributed by atoms with Gasteiger partial charge in [0.25, 0.3) is 0 Å². The number of nitrogens with one attached hydrogen (secondary N) is 1. The predicted octanol–water partition coefficient (Wildman–Crippen LogP) is 4.18. The Kier molecular flexibility index (Phi) is 3.76. The van der Waals surface area contributed by atoms with Gasteiger partial charge in [-0.1, -0.05) is 48.8 Å². The molecule has 0 radical (unpaired) electrons. The van der Waals surface area contributed by atoms with Crippen LogP contribution in [0.3, 0.4) is 0 Å². The topological polar surface area (TPSA) is 54.7 Å². The molecule has 0 saturated heterocycles. The molecule has 0 aliphatic carbocycles. The number of nitrogens with zero attached hydrogens (tertiary/aromatic N) is 1. The molecule has 0 aliphatic rings. The lowest BCUT2D eigenvalue weighted by Gasteiger charge is -2.16. The van der Waals surface area contributed by atoms with Crippen molar-refractivity contribution >= 4 is 21.7 Å². The van der Waals surface area contributed by atoms with E-state index in [0.29, 0.717) is 17.7 Å². The van der Waals surface area contributed by atoms with Crippen LogP contribution in [0.25, 0.3) is 11.1 Å². The van der Waals surface area contributed by atoms with Crippen molar-refractivity contribution in [3.05, 3.63) is 34.4 Å². The number of hydrogen-bond acceptors (Lipinski definition) is 2. The van der Waals surface area contributed by atoms with Gasteiger partial charge in [0.1, 0.15) is 0 Å². The molecule has 1 atom stereocenters. The lowest BCUT2D eigenvalue weighted by molar-refractivity contribution is 0.523. The number of aromatic nitrogens is 2. The number of nitrogens with two attached hydrogens (primary N) is 1. The fourth-order valence-corrected chi connectivity index (χ4v) is 2.22. The molecule has 1 heterocycles. The summed E-state index contributed by atoms with van der Waals surface area (Å²) in [6.07, 6.45) is 0. The van der Waals surface area contributed by atoms with Crippen LogP contribution in [0.1, 0.15) is 32.4 Å². The van der Waals surface area contributed by atoms with E-state index in [0.717, 1.165) is 21.3 Å². The van der Waals surface area contributed by atoms with Gasteiger partial charge in [-0.2, -0.15) is 5.10 Å². The summed E-state index contributed by atoms with van der Waals surface area (Å²) >= 11 is 3.44. The van der Waals surface area contributed by atoms with Crippen LogP contribution in [-0.2, 0) is 0 Å². The summed E-state index contributed by atoms with van der Waals surface area (Å²) in [7, 11) is 0. The Balaban J connectivity index is 2.50. The molecule has 2 aromatic rings. The molecule has 4 heteroatoms. The number of nitrogen functional groups attached to an aromatic ring is 1. The first kappa shape index (κ1) is 13.1. The maximum atomic E-state index is 6.00. The summed E-state index contributed by atoms with van der Waals surface area (Å²) in [6, 6.07) is 8.15. The zero-order valence-corrected chi connectivity index (χ0v) is 12.5. The molecule has 1 aromatic carbocycles. The Morgan fingerprint density at radius 2 is 1.78 bits per heavy atom. The van der Waals surface area contributed by atoms with Gasteiger partial charge in [0.2, 0.25) is 0 Å². The van der Waals surface area contributed by atoms with E-state index in [9.17, 15) is 0 Å². The molecule has 2 rings (SSSR count). The van der Waals surface area contributed by atoms with Gasteiger partial charge in [0.15, 0.2) is 5.82 Å². The first-order chi connectivity index (χ1) is 8.50. The average molecular weight is 308 g/mol. The van der Waals surface area contributed by atoms with Crippen LogP contribution in [0, 0.1) is 5.92 Å². The van der Waals surface area contributed by atoms with Crippen LogP contribution in [0.5, 0.6) is 0 Å². The van der Waals surface area contributed by atoms with Crippen molar-refractivity contribution in [2.45, 2.75) is 26.7 Å². The maximum absolute atomic E-state index is 6.00. The van der Waals surface area contributed by atoms with Crippen molar-refractivity contribution in [1.29, 1.82) is 0 Å². The molecular weight excluding hydrogens is 290 g/mol. The fraction of sp³-hybridized carbons (Fsp3) is 0.357. The van der Waals surface area contributed by atoms with Gasteiger partial charge in [-0.05, 0) is 23.6 Å². The van der Waals surface area contributed by atoms with Crippen LogP contribution in [0.2, 0.25) is 0 Å². The summed E-state index contributed by atoms with van der Waals surface area (Å²) in [5.74, 6) is 1.51. The van der Waals surface area contributed by atoms with E-state index >= 15 is 0 Å². The molecule has 0 saturated carbocycles. The Morgan fingerprint density at radius 1 is 1.17 bits per heavy atom. The van der Waals surface area contributed by atoms with Crippen LogP contribution >= 0.6 is 15.9 Å². The fourth-order valence-electron chi connectivity index (χ4n) is 1.95. The molecule has 1 unspecified atom stereocenters. The lowest BCUT2D eigenvalue weighted by atomic mass is 9.90. The number of aromatic amines is 1. The highest BCUT2D eigenvalue weighted by molar-refractivity contribution is 9.10. The number of H-pyrrole nitrogens is 1. The van der Waals surface area contributed by atoms with Gasteiger partial charge >= 0.3 is 0 Å². The second kappa shape index (κ2) is 5.14. The number of rotatable bonds is 3. The van der Waals surface area contributed by atoms with E-state index in [2.05, 4.69) is 59.0 Å². The molecule has 0 fully saturated rings. The van der Waals surface area contributed by atoms with Gasteiger partial charge in [-0.15, -0.1) is 0 Å². The van der Waals surface area contributed by atoms with Gasteiger partial charge in [0, 0.05) is 21.6 Å². The minimum atomic E-state index is 0.397. The van der Waals surface area contributed by atoms with Crippen molar-refractivity contribution in [3.8, 4) is 11.1 Å². The van der Waals surface area contributed by atoms with E-state index < -0.39 is 0 Å². The molecule has 3 N–H and O–H groups in total. The van der Waals surface area contributed by atoms with Crippen molar-refractivity contribution in [1.82, 2.24) is 10.2 Å². The molecule has 0 spiro atoms. The molecule has 0 bridgehead atoms. The number of halogens is 1. The first-order valence-electron chi connectivity index (χ1n) is 6.10. The molecule has 3 nitrogen and oxygen atoms in total. The van der Waals surface area contributed by atoms with Gasteiger partial charge < -0.3 is 5.73 Å². The highest BCUT2D eigenvalue weighted by Crippen LogP contribution is 2.35. The molecule has 1 aromatic heterocycles. The first-order valence-corrected chi connectivity index (χ1v) is 6.89. The summed E-state index contributed by atoms with van der Waals surface area (Å²) < 4.78 is 1.06. The van der Waals surface area contributed by atoms with E-state index in [-0.39, 0.29) is 0 Å². The third-order valence-electron chi connectivity index (χ3n) is 3.41. The number of hydrogen-bond donors (Lipinski definition) is 2. The molecule has 18 heavy (non-hydrogen) atoms. The minimum Gasteiger partial charge on any atom is -0.382 e. The van der Waals surface area contributed by atoms with E-state index in [4.69, 9.17) is 5.73 Å². The Morgan fingerprint density at radius 3 is 2.33 bits per heavy atom. The van der Waals surface area contributed by atoms with Gasteiger partial charge in [-0.3, -0.25) is 5.10 Å². The number of anilines is 1. The Hall–Kier alpha value is -1.29. The molecular formula is C14H18BrN3. The summed E-state index contributed by atoms with van der Waals surface area (Å²) in [4.78, 5) is 0. The van der Waals surface area contributed by atoms with E-state index in [1.54, 1.807) is 0 Å². The quantitative estimate of drug-likeness (QED) is 0.893. The monoisotopic (exact) mass is 307 g/mol. The third-order valence-corrected chi connectivity index (χ3v) is 3.94. The average Bonchev–Trinajstić information content (AvgIpc) is 2.71. The zero-order chi connectivity index (χ0) is 13.3. The second-order valence-corrected chi connectivity index (χ2v) is 5.85. The van der Waals surface area contributed by atoms with Crippen LogP contribution in [-0.4, -0.2) is 10.2 Å². The molecule has 96 valence electrons. The maximum Gasteiger partial charge on any atom is 0.153 e. The standard InChI is InChI=1S/C14H18BrN3/c1-8(2)9(3)13-12(14(16)18-17-13)10-4-6-11(15)7-5-10/h4-9H,1-3H3,(H3,16,17,18). The minimum absolute atomic E-state index is 0.397. The Bertz CT molecular complexity index is 528. The highest BCUT2D eigenvalue weighted by Gasteiger charge is 2.20. The largest absolute Gasteiger partial charge is 0.382 e. The van der Waals surface area contributed by atoms with Crippen molar-refractivity contribution in [2.75, 3.05) is 5.73 Å². The summed E-state index contributed by atoms with van der Waals surface area (Å²) in [5.41, 5.74) is 9.25. The smallest absolute Gasteiger partial charge is 0.153 e. The second-order valence-electron chi connectivity index (χ2n) is 4.94. The van der Waals surface area contributed by atoms with E-state index in [1.165, 1.54) is 0 Å². The Labute approximate surface area is 116 Å². The predicted molar refractivity (Wildman–Crippen MR) is 79.4 cm³/mol. The number of benzene rings is 1. The zero-order valence-electron chi connectivity index (χ0n) is 10.9. The molecule has 0 amide bonds. The van der Waals surface area contributed by atoms with Crippen LogP contribution in [0.4, 0.5) is 5.82 Å². The van der Waals surface area contributed by atoms with E-state index in [1.807, 2.05) is 12.1 Å². The summed E-state index contributed by atoms with van der Waals surface area (Å²) in [5, 5.41) is 7.24. The van der Waals surface area contributed by atoms with Crippen LogP contribution in [0.15, 0.2) is 28.7 Å².